The molecule has 2 amide bonds. The van der Waals surface area contributed by atoms with Crippen molar-refractivity contribution in [3.8, 4) is 0 Å². The van der Waals surface area contributed by atoms with Gasteiger partial charge in [0.2, 0.25) is 11.8 Å². The van der Waals surface area contributed by atoms with E-state index in [1.165, 1.54) is 11.8 Å². The molecule has 3 N–H and O–H groups in total. The number of carbonyl (C=O) groups is 2. The Bertz CT molecular complexity index is 1240. The zero-order valence-corrected chi connectivity index (χ0v) is 18.7. The SMILES string of the molecule is CCc1ccccc1NC(=O)C1CC(=O)Nc2nc(SCc3ccccc3C)[nH]c(=O)c21. The van der Waals surface area contributed by atoms with Crippen molar-refractivity contribution in [2.45, 2.75) is 43.5 Å². The fourth-order valence-electron chi connectivity index (χ4n) is 3.73. The third-order valence-corrected chi connectivity index (χ3v) is 6.45. The van der Waals surface area contributed by atoms with Crippen molar-refractivity contribution in [3.05, 3.63) is 81.1 Å². The maximum absolute atomic E-state index is 13.1. The summed E-state index contributed by atoms with van der Waals surface area (Å²) in [5, 5.41) is 5.94. The summed E-state index contributed by atoms with van der Waals surface area (Å²) in [5.41, 5.74) is 3.73. The summed E-state index contributed by atoms with van der Waals surface area (Å²) in [5.74, 6) is -0.861. The third-order valence-electron chi connectivity index (χ3n) is 5.53. The third kappa shape index (κ3) is 4.60. The van der Waals surface area contributed by atoms with Crippen LogP contribution < -0.4 is 16.2 Å². The lowest BCUT2D eigenvalue weighted by Crippen LogP contribution is -2.36. The number of aryl methyl sites for hydroxylation is 2. The molecule has 1 aromatic heterocycles. The molecule has 0 radical (unpaired) electrons. The molecule has 4 rings (SSSR count). The van der Waals surface area contributed by atoms with Crippen LogP contribution in [0.5, 0.6) is 0 Å². The van der Waals surface area contributed by atoms with Crippen molar-refractivity contribution in [2.24, 2.45) is 0 Å². The predicted octanol–water partition coefficient (Wildman–Crippen LogP) is 4.00. The number of rotatable bonds is 6. The van der Waals surface area contributed by atoms with Gasteiger partial charge in [-0.05, 0) is 36.1 Å². The molecule has 164 valence electrons. The van der Waals surface area contributed by atoms with Gasteiger partial charge in [0.05, 0.1) is 11.5 Å². The molecule has 2 heterocycles. The number of hydrogen-bond acceptors (Lipinski definition) is 5. The number of aromatic nitrogens is 2. The number of hydrogen-bond donors (Lipinski definition) is 3. The first kappa shape index (κ1) is 21.8. The first-order chi connectivity index (χ1) is 15.5. The summed E-state index contributed by atoms with van der Waals surface area (Å²) >= 11 is 1.37. The minimum absolute atomic E-state index is 0.104. The minimum Gasteiger partial charge on any atom is -0.325 e. The van der Waals surface area contributed by atoms with Crippen LogP contribution in [0.15, 0.2) is 58.5 Å². The Balaban J connectivity index is 1.59. The molecule has 1 aliphatic heterocycles. The van der Waals surface area contributed by atoms with Crippen LogP contribution in [-0.2, 0) is 21.8 Å². The van der Waals surface area contributed by atoms with Gasteiger partial charge in [-0.3, -0.25) is 14.4 Å². The van der Waals surface area contributed by atoms with Gasteiger partial charge >= 0.3 is 0 Å². The van der Waals surface area contributed by atoms with Gasteiger partial charge in [0.15, 0.2) is 5.16 Å². The predicted molar refractivity (Wildman–Crippen MR) is 126 cm³/mol. The van der Waals surface area contributed by atoms with Crippen LogP contribution in [0.1, 0.15) is 41.5 Å². The molecule has 0 bridgehead atoms. The van der Waals surface area contributed by atoms with Crippen LogP contribution in [0.25, 0.3) is 0 Å². The summed E-state index contributed by atoms with van der Waals surface area (Å²) in [7, 11) is 0. The van der Waals surface area contributed by atoms with Crippen LogP contribution >= 0.6 is 11.8 Å². The number of thioether (sulfide) groups is 1. The lowest BCUT2D eigenvalue weighted by atomic mass is 9.92. The molecule has 32 heavy (non-hydrogen) atoms. The van der Waals surface area contributed by atoms with E-state index in [-0.39, 0.29) is 23.7 Å². The Labute approximate surface area is 190 Å². The van der Waals surface area contributed by atoms with Crippen molar-refractivity contribution < 1.29 is 9.59 Å². The molecule has 7 nitrogen and oxygen atoms in total. The highest BCUT2D eigenvalue weighted by atomic mass is 32.2. The molecule has 0 spiro atoms. The Morgan fingerprint density at radius 1 is 1.12 bits per heavy atom. The van der Waals surface area contributed by atoms with Gasteiger partial charge in [0.25, 0.3) is 5.56 Å². The number of anilines is 2. The number of aromatic amines is 1. The molecule has 0 saturated heterocycles. The minimum atomic E-state index is -0.907. The molecule has 1 atom stereocenters. The van der Waals surface area contributed by atoms with E-state index in [0.29, 0.717) is 16.6 Å². The Morgan fingerprint density at radius 3 is 2.59 bits per heavy atom. The monoisotopic (exact) mass is 448 g/mol. The first-order valence-electron chi connectivity index (χ1n) is 10.5. The molecule has 2 aromatic carbocycles. The maximum Gasteiger partial charge on any atom is 0.257 e. The number of para-hydroxylation sites is 1. The molecule has 0 aliphatic carbocycles. The number of fused-ring (bicyclic) bond motifs is 1. The fraction of sp³-hybridized carbons (Fsp3) is 0.250. The smallest absolute Gasteiger partial charge is 0.257 e. The van der Waals surface area contributed by atoms with Crippen LogP contribution in [0.2, 0.25) is 0 Å². The van der Waals surface area contributed by atoms with E-state index in [9.17, 15) is 14.4 Å². The van der Waals surface area contributed by atoms with Gasteiger partial charge in [0.1, 0.15) is 5.82 Å². The van der Waals surface area contributed by atoms with E-state index in [2.05, 4.69) is 20.6 Å². The number of H-pyrrole nitrogens is 1. The quantitative estimate of drug-likeness (QED) is 0.391. The van der Waals surface area contributed by atoms with Gasteiger partial charge in [-0.15, -0.1) is 0 Å². The first-order valence-corrected chi connectivity index (χ1v) is 11.4. The van der Waals surface area contributed by atoms with Crippen LogP contribution in [0.4, 0.5) is 11.5 Å². The Morgan fingerprint density at radius 2 is 1.84 bits per heavy atom. The average Bonchev–Trinajstić information content (AvgIpc) is 2.78. The topological polar surface area (TPSA) is 104 Å². The maximum atomic E-state index is 13.1. The number of nitrogens with one attached hydrogen (secondary N) is 3. The van der Waals surface area contributed by atoms with E-state index in [0.717, 1.165) is 23.1 Å². The molecule has 1 unspecified atom stereocenters. The van der Waals surface area contributed by atoms with Crippen molar-refractivity contribution in [1.82, 2.24) is 9.97 Å². The zero-order chi connectivity index (χ0) is 22.7. The Hall–Kier alpha value is -3.39. The highest BCUT2D eigenvalue weighted by Crippen LogP contribution is 2.31. The largest absolute Gasteiger partial charge is 0.325 e. The van der Waals surface area contributed by atoms with Crippen LogP contribution in [-0.4, -0.2) is 21.8 Å². The molecule has 3 aromatic rings. The van der Waals surface area contributed by atoms with E-state index in [1.807, 2.05) is 62.4 Å². The van der Waals surface area contributed by atoms with Gasteiger partial charge in [-0.25, -0.2) is 4.98 Å². The highest BCUT2D eigenvalue weighted by molar-refractivity contribution is 7.98. The normalized spacial score (nSPS) is 15.1. The van der Waals surface area contributed by atoms with Crippen molar-refractivity contribution in [1.29, 1.82) is 0 Å². The van der Waals surface area contributed by atoms with E-state index >= 15 is 0 Å². The van der Waals surface area contributed by atoms with Crippen molar-refractivity contribution in [3.63, 3.8) is 0 Å². The van der Waals surface area contributed by atoms with Gasteiger partial charge < -0.3 is 15.6 Å². The van der Waals surface area contributed by atoms with Gasteiger partial charge in [0, 0.05) is 17.9 Å². The fourth-order valence-corrected chi connectivity index (χ4v) is 4.67. The second-order valence-electron chi connectivity index (χ2n) is 7.65. The molecule has 1 aliphatic rings. The molecular weight excluding hydrogens is 424 g/mol. The summed E-state index contributed by atoms with van der Waals surface area (Å²) in [4.78, 5) is 45.5. The van der Waals surface area contributed by atoms with Crippen molar-refractivity contribution in [2.75, 3.05) is 10.6 Å². The molecule has 0 saturated carbocycles. The van der Waals surface area contributed by atoms with E-state index in [4.69, 9.17) is 0 Å². The summed E-state index contributed by atoms with van der Waals surface area (Å²) in [6, 6.07) is 15.5. The molecule has 8 heteroatoms. The highest BCUT2D eigenvalue weighted by Gasteiger charge is 2.35. The average molecular weight is 449 g/mol. The molecular formula is C24H24N4O3S. The summed E-state index contributed by atoms with van der Waals surface area (Å²) in [6.45, 7) is 4.03. The van der Waals surface area contributed by atoms with E-state index in [1.54, 1.807) is 0 Å². The zero-order valence-electron chi connectivity index (χ0n) is 17.9. The van der Waals surface area contributed by atoms with Crippen molar-refractivity contribution >= 4 is 35.1 Å². The van der Waals surface area contributed by atoms with Crippen LogP contribution in [0, 0.1) is 6.92 Å². The van der Waals surface area contributed by atoms with E-state index < -0.39 is 17.4 Å². The summed E-state index contributed by atoms with van der Waals surface area (Å²) in [6.07, 6.45) is 0.648. The summed E-state index contributed by atoms with van der Waals surface area (Å²) < 4.78 is 0. The second kappa shape index (κ2) is 9.40. The van der Waals surface area contributed by atoms with Gasteiger partial charge in [-0.1, -0.05) is 61.2 Å². The number of nitrogens with zero attached hydrogens (tertiary/aromatic N) is 1. The lowest BCUT2D eigenvalue weighted by molar-refractivity contribution is -0.123. The van der Waals surface area contributed by atoms with Crippen LogP contribution in [0.3, 0.4) is 0 Å². The van der Waals surface area contributed by atoms with Gasteiger partial charge in [-0.2, -0.15) is 0 Å². The second-order valence-corrected chi connectivity index (χ2v) is 8.62. The standard InChI is InChI=1S/C24H24N4O3S/c1-3-15-9-6-7-11-18(15)25-22(30)17-12-19(29)26-21-20(17)23(31)28-24(27-21)32-13-16-10-5-4-8-14(16)2/h4-11,17H,3,12-13H2,1-2H3,(H,25,30)(H2,26,27,28,29,31). The molecule has 0 fully saturated rings. The number of carbonyl (C=O) groups excluding carboxylic acids is 2. The lowest BCUT2D eigenvalue weighted by Gasteiger charge is -2.24. The number of amides is 2. The number of benzene rings is 2. The Kier molecular flexibility index (Phi) is 6.41.